The first-order valence-corrected chi connectivity index (χ1v) is 11.2. The Bertz CT molecular complexity index is 1340. The molecule has 2 aromatic carbocycles. The zero-order chi connectivity index (χ0) is 22.2. The van der Waals surface area contributed by atoms with Crippen LogP contribution in [-0.4, -0.2) is 30.4 Å². The standard InChI is InChI=1S/C25H22N2O4S/c1-15-18(25(29)27-11-9-22-17(14-27)10-12-32-22)6-4-7-19(15)26-24(28)21-13-16-5-3-8-20(30-2)23(16)31-21/h3-8,10,12-13H,9,11,14H2,1-2H3,(H,26,28). The average molecular weight is 447 g/mol. The molecule has 0 spiro atoms. The Kier molecular flexibility index (Phi) is 5.19. The number of para-hydroxylation sites is 1. The molecule has 7 heteroatoms. The molecule has 3 heterocycles. The zero-order valence-corrected chi connectivity index (χ0v) is 18.6. The van der Waals surface area contributed by atoms with Crippen molar-refractivity contribution >= 4 is 39.8 Å². The molecule has 0 saturated heterocycles. The second-order valence-corrected chi connectivity index (χ2v) is 8.77. The number of nitrogens with one attached hydrogen (secondary N) is 1. The Balaban J connectivity index is 1.38. The summed E-state index contributed by atoms with van der Waals surface area (Å²) in [6.07, 6.45) is 0.879. The molecule has 4 aromatic rings. The molecule has 2 aromatic heterocycles. The van der Waals surface area contributed by atoms with Crippen LogP contribution in [-0.2, 0) is 13.0 Å². The second kappa shape index (κ2) is 8.16. The maximum Gasteiger partial charge on any atom is 0.291 e. The molecular formula is C25H22N2O4S. The summed E-state index contributed by atoms with van der Waals surface area (Å²) in [5.41, 5.74) is 3.65. The van der Waals surface area contributed by atoms with Crippen LogP contribution in [0.15, 0.2) is 58.3 Å². The summed E-state index contributed by atoms with van der Waals surface area (Å²) in [6.45, 7) is 3.17. The van der Waals surface area contributed by atoms with Gasteiger partial charge in [-0.2, -0.15) is 0 Å². The maximum atomic E-state index is 13.2. The third-order valence-electron chi connectivity index (χ3n) is 5.86. The molecule has 0 aliphatic carbocycles. The van der Waals surface area contributed by atoms with E-state index in [1.54, 1.807) is 42.7 Å². The van der Waals surface area contributed by atoms with Gasteiger partial charge in [0, 0.05) is 34.6 Å². The van der Waals surface area contributed by atoms with Gasteiger partial charge in [0.1, 0.15) is 0 Å². The van der Waals surface area contributed by atoms with Crippen molar-refractivity contribution in [2.45, 2.75) is 19.9 Å². The van der Waals surface area contributed by atoms with Gasteiger partial charge in [0.15, 0.2) is 17.1 Å². The maximum absolute atomic E-state index is 13.2. The summed E-state index contributed by atoms with van der Waals surface area (Å²) < 4.78 is 11.1. The van der Waals surface area contributed by atoms with Gasteiger partial charge in [0.25, 0.3) is 11.8 Å². The largest absolute Gasteiger partial charge is 0.493 e. The van der Waals surface area contributed by atoms with E-state index in [9.17, 15) is 9.59 Å². The highest BCUT2D eigenvalue weighted by Crippen LogP contribution is 2.30. The predicted molar refractivity (Wildman–Crippen MR) is 125 cm³/mol. The summed E-state index contributed by atoms with van der Waals surface area (Å²) in [6, 6.07) is 14.7. The van der Waals surface area contributed by atoms with Crippen LogP contribution in [0, 0.1) is 6.92 Å². The minimum absolute atomic E-state index is 0.0241. The first kappa shape index (κ1) is 20.3. The molecule has 5 rings (SSSR count). The number of rotatable bonds is 4. The lowest BCUT2D eigenvalue weighted by molar-refractivity contribution is 0.0735. The Hall–Kier alpha value is -3.58. The Morgan fingerprint density at radius 2 is 2.00 bits per heavy atom. The number of fused-ring (bicyclic) bond motifs is 2. The number of carbonyl (C=O) groups is 2. The van der Waals surface area contributed by atoms with Crippen LogP contribution in [0.5, 0.6) is 5.75 Å². The van der Waals surface area contributed by atoms with Crippen LogP contribution in [0.2, 0.25) is 0 Å². The van der Waals surface area contributed by atoms with Gasteiger partial charge in [-0.15, -0.1) is 11.3 Å². The third kappa shape index (κ3) is 3.54. The summed E-state index contributed by atoms with van der Waals surface area (Å²) in [5.74, 6) is 0.350. The highest BCUT2D eigenvalue weighted by atomic mass is 32.1. The molecule has 1 aliphatic rings. The van der Waals surface area contributed by atoms with Gasteiger partial charge < -0.3 is 19.4 Å². The summed E-state index contributed by atoms with van der Waals surface area (Å²) in [5, 5.41) is 5.75. The Labute approximate surface area is 189 Å². The molecule has 162 valence electrons. The first-order valence-electron chi connectivity index (χ1n) is 10.4. The number of benzene rings is 2. The Morgan fingerprint density at radius 3 is 2.84 bits per heavy atom. The lowest BCUT2D eigenvalue weighted by atomic mass is 10.0. The number of hydrogen-bond donors (Lipinski definition) is 1. The van der Waals surface area contributed by atoms with E-state index in [2.05, 4.69) is 16.8 Å². The van der Waals surface area contributed by atoms with Crippen LogP contribution < -0.4 is 10.1 Å². The van der Waals surface area contributed by atoms with Crippen molar-refractivity contribution in [3.05, 3.63) is 81.2 Å². The summed E-state index contributed by atoms with van der Waals surface area (Å²) >= 11 is 1.75. The van der Waals surface area contributed by atoms with Gasteiger partial charge in [0.2, 0.25) is 0 Å². The number of anilines is 1. The summed E-state index contributed by atoms with van der Waals surface area (Å²) in [7, 11) is 1.56. The highest BCUT2D eigenvalue weighted by molar-refractivity contribution is 7.10. The molecule has 1 N–H and O–H groups in total. The van der Waals surface area contributed by atoms with Crippen LogP contribution in [0.1, 0.15) is 36.9 Å². The molecule has 0 atom stereocenters. The SMILES string of the molecule is COc1cccc2cc(C(=O)Nc3cccc(C(=O)N4CCc5sccc5C4)c3C)oc12. The minimum atomic E-state index is -0.378. The van der Waals surface area contributed by atoms with E-state index >= 15 is 0 Å². The lowest BCUT2D eigenvalue weighted by Crippen LogP contribution is -2.35. The molecule has 0 radical (unpaired) electrons. The van der Waals surface area contributed by atoms with E-state index in [1.165, 1.54) is 10.4 Å². The zero-order valence-electron chi connectivity index (χ0n) is 17.8. The number of amides is 2. The molecule has 0 fully saturated rings. The molecule has 32 heavy (non-hydrogen) atoms. The van der Waals surface area contributed by atoms with Gasteiger partial charge in [0.05, 0.1) is 7.11 Å². The molecule has 6 nitrogen and oxygen atoms in total. The molecule has 0 bridgehead atoms. The van der Waals surface area contributed by atoms with Gasteiger partial charge in [-0.25, -0.2) is 0 Å². The molecule has 1 aliphatic heterocycles. The number of hydrogen-bond acceptors (Lipinski definition) is 5. The highest BCUT2D eigenvalue weighted by Gasteiger charge is 2.24. The molecule has 0 saturated carbocycles. The van der Waals surface area contributed by atoms with Crippen LogP contribution in [0.25, 0.3) is 11.0 Å². The van der Waals surface area contributed by atoms with E-state index in [0.29, 0.717) is 35.7 Å². The first-order chi connectivity index (χ1) is 15.5. The van der Waals surface area contributed by atoms with E-state index < -0.39 is 0 Å². The van der Waals surface area contributed by atoms with Crippen molar-refractivity contribution in [3.63, 3.8) is 0 Å². The van der Waals surface area contributed by atoms with Crippen LogP contribution in [0.3, 0.4) is 0 Å². The van der Waals surface area contributed by atoms with Crippen LogP contribution in [0.4, 0.5) is 5.69 Å². The van der Waals surface area contributed by atoms with Crippen molar-refractivity contribution in [1.82, 2.24) is 4.90 Å². The van der Waals surface area contributed by atoms with Crippen molar-refractivity contribution < 1.29 is 18.7 Å². The van der Waals surface area contributed by atoms with E-state index in [-0.39, 0.29) is 17.6 Å². The molecule has 2 amide bonds. The minimum Gasteiger partial charge on any atom is -0.493 e. The average Bonchev–Trinajstić information content (AvgIpc) is 3.46. The van der Waals surface area contributed by atoms with Crippen molar-refractivity contribution in [3.8, 4) is 5.75 Å². The topological polar surface area (TPSA) is 71.8 Å². The number of thiophene rings is 1. The monoisotopic (exact) mass is 446 g/mol. The number of nitrogens with zero attached hydrogens (tertiary/aromatic N) is 1. The van der Waals surface area contributed by atoms with E-state index in [4.69, 9.17) is 9.15 Å². The van der Waals surface area contributed by atoms with Crippen LogP contribution >= 0.6 is 11.3 Å². The number of methoxy groups -OCH3 is 1. The fourth-order valence-electron chi connectivity index (χ4n) is 4.09. The van der Waals surface area contributed by atoms with Gasteiger partial charge >= 0.3 is 0 Å². The lowest BCUT2D eigenvalue weighted by Gasteiger charge is -2.28. The van der Waals surface area contributed by atoms with E-state index in [0.717, 1.165) is 17.4 Å². The molecule has 0 unspecified atom stereocenters. The van der Waals surface area contributed by atoms with Gasteiger partial charge in [-0.1, -0.05) is 18.2 Å². The second-order valence-electron chi connectivity index (χ2n) is 7.77. The van der Waals surface area contributed by atoms with Crippen molar-refractivity contribution in [2.75, 3.05) is 19.0 Å². The fraction of sp³-hybridized carbons (Fsp3) is 0.200. The quantitative estimate of drug-likeness (QED) is 0.464. The van der Waals surface area contributed by atoms with Gasteiger partial charge in [-0.05, 0) is 60.2 Å². The number of furan rings is 1. The predicted octanol–water partition coefficient (Wildman–Crippen LogP) is 5.26. The van der Waals surface area contributed by atoms with Crippen molar-refractivity contribution in [2.24, 2.45) is 0 Å². The van der Waals surface area contributed by atoms with Gasteiger partial charge in [-0.3, -0.25) is 9.59 Å². The van der Waals surface area contributed by atoms with E-state index in [1.807, 2.05) is 30.0 Å². The third-order valence-corrected chi connectivity index (χ3v) is 6.88. The molecular weight excluding hydrogens is 424 g/mol. The normalized spacial score (nSPS) is 13.1. The Morgan fingerprint density at radius 1 is 1.16 bits per heavy atom. The summed E-state index contributed by atoms with van der Waals surface area (Å²) in [4.78, 5) is 29.3. The number of carbonyl (C=O) groups excluding carboxylic acids is 2. The fourth-order valence-corrected chi connectivity index (χ4v) is 4.98. The number of ether oxygens (including phenoxy) is 1. The van der Waals surface area contributed by atoms with Crippen molar-refractivity contribution in [1.29, 1.82) is 0 Å². The smallest absolute Gasteiger partial charge is 0.291 e.